The summed E-state index contributed by atoms with van der Waals surface area (Å²) < 4.78 is 5.14. The number of amides is 1. The molecule has 96 valence electrons. The van der Waals surface area contributed by atoms with Crippen molar-refractivity contribution in [2.24, 2.45) is 0 Å². The summed E-state index contributed by atoms with van der Waals surface area (Å²) in [6.45, 7) is 1.97. The zero-order chi connectivity index (χ0) is 13.5. The van der Waals surface area contributed by atoms with E-state index in [1.165, 1.54) is 7.11 Å². The standard InChI is InChI=1S/C14H16ClNO2/c1-4-6-11(5-2)16-14(17)12-9-10(15)7-8-13(12)18-3/h1,7-9,11H,5-6H2,2-3H3,(H,16,17). The number of carbonyl (C=O) groups is 1. The molecule has 1 N–H and O–H groups in total. The molecule has 4 heteroatoms. The number of hydrogen-bond donors (Lipinski definition) is 1. The molecular weight excluding hydrogens is 250 g/mol. The lowest BCUT2D eigenvalue weighted by atomic mass is 10.1. The predicted molar refractivity (Wildman–Crippen MR) is 73.0 cm³/mol. The van der Waals surface area contributed by atoms with Crippen LogP contribution < -0.4 is 10.1 Å². The van der Waals surface area contributed by atoms with Gasteiger partial charge in [0.1, 0.15) is 5.75 Å². The zero-order valence-corrected chi connectivity index (χ0v) is 11.3. The third-order valence-electron chi connectivity index (χ3n) is 2.60. The Hall–Kier alpha value is -1.66. The molecule has 1 aromatic carbocycles. The first kappa shape index (κ1) is 14.4. The van der Waals surface area contributed by atoms with Crippen LogP contribution in [0.3, 0.4) is 0 Å². The Balaban J connectivity index is 2.89. The molecule has 0 spiro atoms. The summed E-state index contributed by atoms with van der Waals surface area (Å²) >= 11 is 5.88. The minimum atomic E-state index is -0.226. The lowest BCUT2D eigenvalue weighted by Crippen LogP contribution is -2.34. The van der Waals surface area contributed by atoms with Crippen molar-refractivity contribution in [3.63, 3.8) is 0 Å². The molecule has 0 aliphatic rings. The summed E-state index contributed by atoms with van der Waals surface area (Å²) in [5.41, 5.74) is 0.417. The van der Waals surface area contributed by atoms with E-state index in [0.717, 1.165) is 6.42 Å². The minimum Gasteiger partial charge on any atom is -0.496 e. The molecule has 3 nitrogen and oxygen atoms in total. The summed E-state index contributed by atoms with van der Waals surface area (Å²) in [4.78, 5) is 12.1. The topological polar surface area (TPSA) is 38.3 Å². The molecule has 0 aromatic heterocycles. The summed E-state index contributed by atoms with van der Waals surface area (Å²) in [5, 5.41) is 3.36. The number of carbonyl (C=O) groups excluding carboxylic acids is 1. The van der Waals surface area contributed by atoms with Crippen molar-refractivity contribution in [2.75, 3.05) is 7.11 Å². The van der Waals surface area contributed by atoms with Gasteiger partial charge in [-0.3, -0.25) is 4.79 Å². The highest BCUT2D eigenvalue weighted by Crippen LogP contribution is 2.22. The molecule has 0 heterocycles. The van der Waals surface area contributed by atoms with Crippen LogP contribution in [0.15, 0.2) is 18.2 Å². The normalized spacial score (nSPS) is 11.4. The fourth-order valence-corrected chi connectivity index (χ4v) is 1.73. The maximum atomic E-state index is 12.1. The summed E-state index contributed by atoms with van der Waals surface area (Å²) in [5.74, 6) is 2.81. The maximum Gasteiger partial charge on any atom is 0.255 e. The van der Waals surface area contributed by atoms with Gasteiger partial charge in [0.05, 0.1) is 12.7 Å². The third kappa shape index (κ3) is 3.68. The fraction of sp³-hybridized carbons (Fsp3) is 0.357. The van der Waals surface area contributed by atoms with Gasteiger partial charge in [0.2, 0.25) is 0 Å². The van der Waals surface area contributed by atoms with E-state index in [1.54, 1.807) is 18.2 Å². The van der Waals surface area contributed by atoms with Gasteiger partial charge in [0, 0.05) is 17.5 Å². The number of benzene rings is 1. The van der Waals surface area contributed by atoms with Crippen molar-refractivity contribution in [3.8, 4) is 18.1 Å². The summed E-state index contributed by atoms with van der Waals surface area (Å²) in [6.07, 6.45) is 6.53. The van der Waals surface area contributed by atoms with Crippen LogP contribution in [0.2, 0.25) is 5.02 Å². The molecule has 1 atom stereocenters. The molecule has 0 aliphatic heterocycles. The molecule has 0 fully saturated rings. The molecule has 18 heavy (non-hydrogen) atoms. The quantitative estimate of drug-likeness (QED) is 0.832. The average molecular weight is 266 g/mol. The molecule has 1 amide bonds. The van der Waals surface area contributed by atoms with Crippen LogP contribution in [-0.2, 0) is 0 Å². The smallest absolute Gasteiger partial charge is 0.255 e. The van der Waals surface area contributed by atoms with Crippen molar-refractivity contribution in [1.82, 2.24) is 5.32 Å². The maximum absolute atomic E-state index is 12.1. The molecule has 0 bridgehead atoms. The highest BCUT2D eigenvalue weighted by Gasteiger charge is 2.15. The average Bonchev–Trinajstić information content (AvgIpc) is 2.38. The SMILES string of the molecule is C#CCC(CC)NC(=O)c1cc(Cl)ccc1OC. The highest BCUT2D eigenvalue weighted by molar-refractivity contribution is 6.31. The molecule has 0 radical (unpaired) electrons. The van der Waals surface area contributed by atoms with Crippen LogP contribution in [0.5, 0.6) is 5.75 Å². The number of nitrogens with one attached hydrogen (secondary N) is 1. The van der Waals surface area contributed by atoms with Gasteiger partial charge >= 0.3 is 0 Å². The Bertz CT molecular complexity index is 465. The monoisotopic (exact) mass is 265 g/mol. The van der Waals surface area contributed by atoms with E-state index < -0.39 is 0 Å². The Morgan fingerprint density at radius 1 is 1.61 bits per heavy atom. The Labute approximate surface area is 112 Å². The second-order valence-corrected chi connectivity index (χ2v) is 4.27. The second kappa shape index (κ2) is 6.93. The van der Waals surface area contributed by atoms with E-state index in [4.69, 9.17) is 22.8 Å². The van der Waals surface area contributed by atoms with Gasteiger partial charge in [-0.05, 0) is 24.6 Å². The number of methoxy groups -OCH3 is 1. The van der Waals surface area contributed by atoms with Crippen LogP contribution in [-0.4, -0.2) is 19.1 Å². The van der Waals surface area contributed by atoms with Gasteiger partial charge in [-0.25, -0.2) is 0 Å². The Kier molecular flexibility index (Phi) is 5.54. The molecular formula is C14H16ClNO2. The molecule has 0 aliphatic carbocycles. The predicted octanol–water partition coefficient (Wildman–Crippen LogP) is 2.88. The van der Waals surface area contributed by atoms with E-state index in [1.807, 2.05) is 6.92 Å². The molecule has 1 unspecified atom stereocenters. The van der Waals surface area contributed by atoms with Crippen LogP contribution in [0.25, 0.3) is 0 Å². The van der Waals surface area contributed by atoms with E-state index in [-0.39, 0.29) is 11.9 Å². The Morgan fingerprint density at radius 3 is 2.89 bits per heavy atom. The van der Waals surface area contributed by atoms with Crippen LogP contribution in [0, 0.1) is 12.3 Å². The van der Waals surface area contributed by atoms with Crippen molar-refractivity contribution in [1.29, 1.82) is 0 Å². The first-order valence-corrected chi connectivity index (χ1v) is 6.08. The van der Waals surface area contributed by atoms with Crippen LogP contribution >= 0.6 is 11.6 Å². The summed E-state index contributed by atoms with van der Waals surface area (Å²) in [7, 11) is 1.51. The zero-order valence-electron chi connectivity index (χ0n) is 10.5. The number of halogens is 1. The van der Waals surface area contributed by atoms with Gasteiger partial charge in [-0.15, -0.1) is 12.3 Å². The van der Waals surface area contributed by atoms with Gasteiger partial charge in [-0.1, -0.05) is 18.5 Å². The minimum absolute atomic E-state index is 0.0359. The molecule has 1 aromatic rings. The first-order chi connectivity index (χ1) is 8.62. The number of rotatable bonds is 5. The van der Waals surface area contributed by atoms with Crippen LogP contribution in [0.4, 0.5) is 0 Å². The van der Waals surface area contributed by atoms with Gasteiger partial charge in [-0.2, -0.15) is 0 Å². The third-order valence-corrected chi connectivity index (χ3v) is 2.83. The van der Waals surface area contributed by atoms with Crippen molar-refractivity contribution < 1.29 is 9.53 Å². The van der Waals surface area contributed by atoms with E-state index in [0.29, 0.717) is 22.8 Å². The van der Waals surface area contributed by atoms with E-state index in [9.17, 15) is 4.79 Å². The van der Waals surface area contributed by atoms with Crippen molar-refractivity contribution in [3.05, 3.63) is 28.8 Å². The molecule has 1 rings (SSSR count). The van der Waals surface area contributed by atoms with Crippen molar-refractivity contribution >= 4 is 17.5 Å². The van der Waals surface area contributed by atoms with Gasteiger partial charge < -0.3 is 10.1 Å². The number of ether oxygens (including phenoxy) is 1. The number of terminal acetylenes is 1. The lowest BCUT2D eigenvalue weighted by Gasteiger charge is -2.15. The highest BCUT2D eigenvalue weighted by atomic mass is 35.5. The number of hydrogen-bond acceptors (Lipinski definition) is 2. The van der Waals surface area contributed by atoms with E-state index in [2.05, 4.69) is 11.2 Å². The van der Waals surface area contributed by atoms with Crippen LogP contribution in [0.1, 0.15) is 30.1 Å². The molecule has 0 saturated carbocycles. The van der Waals surface area contributed by atoms with Crippen molar-refractivity contribution in [2.45, 2.75) is 25.8 Å². The van der Waals surface area contributed by atoms with Gasteiger partial charge in [0.15, 0.2) is 0 Å². The van der Waals surface area contributed by atoms with E-state index >= 15 is 0 Å². The molecule has 0 saturated heterocycles. The second-order valence-electron chi connectivity index (χ2n) is 3.83. The largest absolute Gasteiger partial charge is 0.496 e. The Morgan fingerprint density at radius 2 is 2.33 bits per heavy atom. The summed E-state index contributed by atoms with van der Waals surface area (Å²) in [6, 6.07) is 4.89. The first-order valence-electron chi connectivity index (χ1n) is 5.70. The van der Waals surface area contributed by atoms with Gasteiger partial charge in [0.25, 0.3) is 5.91 Å². The fourth-order valence-electron chi connectivity index (χ4n) is 1.56. The lowest BCUT2D eigenvalue weighted by molar-refractivity contribution is 0.0933.